The second kappa shape index (κ2) is 7.40. The van der Waals surface area contributed by atoms with E-state index in [2.05, 4.69) is 0 Å². The second-order valence-electron chi connectivity index (χ2n) is 4.50. The highest BCUT2D eigenvalue weighted by Gasteiger charge is 2.10. The zero-order valence-corrected chi connectivity index (χ0v) is 12.1. The highest BCUT2D eigenvalue weighted by Crippen LogP contribution is 2.09. The molecule has 1 aromatic carbocycles. The molecule has 0 aliphatic rings. The van der Waals surface area contributed by atoms with Crippen molar-refractivity contribution in [1.82, 2.24) is 0 Å². The van der Waals surface area contributed by atoms with E-state index in [9.17, 15) is 13.2 Å². The Morgan fingerprint density at radius 2 is 1.84 bits per heavy atom. The number of rotatable bonds is 8. The molecule has 0 saturated carbocycles. The molecule has 0 saturated heterocycles. The van der Waals surface area contributed by atoms with Crippen molar-refractivity contribution in [3.05, 3.63) is 35.4 Å². The summed E-state index contributed by atoms with van der Waals surface area (Å²) in [5.74, 6) is 0.209. The molecule has 106 valence electrons. The Morgan fingerprint density at radius 3 is 2.37 bits per heavy atom. The van der Waals surface area contributed by atoms with Crippen molar-refractivity contribution >= 4 is 15.6 Å². The van der Waals surface area contributed by atoms with Gasteiger partial charge in [-0.3, -0.25) is 4.79 Å². The molecule has 0 heterocycles. The highest BCUT2D eigenvalue weighted by atomic mass is 32.2. The Hall–Kier alpha value is -1.20. The number of carbonyl (C=O) groups is 1. The number of sulfone groups is 1. The first-order valence-electron chi connectivity index (χ1n) is 6.51. The summed E-state index contributed by atoms with van der Waals surface area (Å²) in [7, 11) is -2.98. The normalized spacial score (nSPS) is 11.5. The van der Waals surface area contributed by atoms with Gasteiger partial charge in [-0.05, 0) is 24.9 Å². The van der Waals surface area contributed by atoms with E-state index >= 15 is 0 Å². The lowest BCUT2D eigenvalue weighted by molar-refractivity contribution is 0.0982. The third-order valence-corrected chi connectivity index (χ3v) is 4.80. The van der Waals surface area contributed by atoms with Crippen molar-refractivity contribution in [3.8, 4) is 0 Å². The molecule has 5 heteroatoms. The first-order chi connectivity index (χ1) is 8.98. The van der Waals surface area contributed by atoms with Crippen LogP contribution >= 0.6 is 0 Å². The molecule has 0 spiro atoms. The molecule has 19 heavy (non-hydrogen) atoms. The van der Waals surface area contributed by atoms with Gasteiger partial charge in [-0.25, -0.2) is 8.42 Å². The number of carbonyl (C=O) groups excluding carboxylic acids is 1. The highest BCUT2D eigenvalue weighted by molar-refractivity contribution is 7.91. The minimum absolute atomic E-state index is 0.00870. The van der Waals surface area contributed by atoms with Gasteiger partial charge in [0.15, 0.2) is 5.78 Å². The lowest BCUT2D eigenvalue weighted by atomic mass is 10.0. The van der Waals surface area contributed by atoms with Gasteiger partial charge in [-0.2, -0.15) is 0 Å². The molecule has 0 atom stereocenters. The average molecular weight is 283 g/mol. The van der Waals surface area contributed by atoms with E-state index in [0.29, 0.717) is 18.5 Å². The molecule has 1 aromatic rings. The van der Waals surface area contributed by atoms with Crippen molar-refractivity contribution in [2.24, 2.45) is 5.73 Å². The van der Waals surface area contributed by atoms with Gasteiger partial charge < -0.3 is 5.73 Å². The third-order valence-electron chi connectivity index (χ3n) is 3.01. The predicted octanol–water partition coefficient (Wildman–Crippen LogP) is 1.59. The summed E-state index contributed by atoms with van der Waals surface area (Å²) in [5, 5.41) is 0. The first-order valence-corrected chi connectivity index (χ1v) is 8.33. The van der Waals surface area contributed by atoms with E-state index in [1.807, 2.05) is 12.1 Å². The summed E-state index contributed by atoms with van der Waals surface area (Å²) in [6, 6.07) is 7.34. The molecular weight excluding hydrogens is 262 g/mol. The number of Topliss-reactive ketones (excluding diaryl/α,β-unsaturated/α-hetero) is 1. The predicted molar refractivity (Wildman–Crippen MR) is 77.1 cm³/mol. The van der Waals surface area contributed by atoms with Gasteiger partial charge in [-0.15, -0.1) is 0 Å². The van der Waals surface area contributed by atoms with Gasteiger partial charge in [0.2, 0.25) is 0 Å². The van der Waals surface area contributed by atoms with E-state index in [-0.39, 0.29) is 23.7 Å². The van der Waals surface area contributed by atoms with Gasteiger partial charge in [-0.1, -0.05) is 31.2 Å². The monoisotopic (exact) mass is 283 g/mol. The van der Waals surface area contributed by atoms with Crippen LogP contribution in [-0.2, 0) is 16.3 Å². The van der Waals surface area contributed by atoms with E-state index in [4.69, 9.17) is 5.73 Å². The van der Waals surface area contributed by atoms with Gasteiger partial charge in [0.05, 0.1) is 5.75 Å². The fourth-order valence-electron chi connectivity index (χ4n) is 1.77. The molecule has 0 amide bonds. The van der Waals surface area contributed by atoms with Crippen LogP contribution in [0.5, 0.6) is 0 Å². The molecule has 1 rings (SSSR count). The lowest BCUT2D eigenvalue weighted by Crippen LogP contribution is -2.10. The SMILES string of the molecule is CCS(=O)(=O)CCCC(=O)c1ccc(CCN)cc1. The van der Waals surface area contributed by atoms with Crippen LogP contribution in [-0.4, -0.2) is 32.3 Å². The Balaban J connectivity index is 2.50. The summed E-state index contributed by atoms with van der Waals surface area (Å²) in [5.41, 5.74) is 7.19. The van der Waals surface area contributed by atoms with Crippen LogP contribution in [0.15, 0.2) is 24.3 Å². The van der Waals surface area contributed by atoms with Crippen LogP contribution in [0.2, 0.25) is 0 Å². The summed E-state index contributed by atoms with van der Waals surface area (Å²) in [6.45, 7) is 2.20. The smallest absolute Gasteiger partial charge is 0.162 e. The Bertz CT molecular complexity index is 506. The quantitative estimate of drug-likeness (QED) is 0.735. The Kier molecular flexibility index (Phi) is 6.18. The fraction of sp³-hybridized carbons (Fsp3) is 0.500. The van der Waals surface area contributed by atoms with Crippen molar-refractivity contribution in [3.63, 3.8) is 0 Å². The molecule has 0 fully saturated rings. The first kappa shape index (κ1) is 15.9. The van der Waals surface area contributed by atoms with Crippen molar-refractivity contribution in [1.29, 1.82) is 0 Å². The lowest BCUT2D eigenvalue weighted by Gasteiger charge is -2.03. The second-order valence-corrected chi connectivity index (χ2v) is 6.97. The maximum atomic E-state index is 11.9. The molecule has 0 radical (unpaired) electrons. The fourth-order valence-corrected chi connectivity index (χ4v) is 2.64. The molecule has 0 unspecified atom stereocenters. The van der Waals surface area contributed by atoms with Gasteiger partial charge >= 0.3 is 0 Å². The minimum atomic E-state index is -2.98. The van der Waals surface area contributed by atoms with Crippen molar-refractivity contribution in [2.45, 2.75) is 26.2 Å². The molecule has 0 aliphatic carbocycles. The van der Waals surface area contributed by atoms with E-state index in [1.54, 1.807) is 19.1 Å². The number of ketones is 1. The summed E-state index contributed by atoms with van der Waals surface area (Å²) in [4.78, 5) is 11.9. The zero-order chi connectivity index (χ0) is 14.3. The maximum Gasteiger partial charge on any atom is 0.162 e. The average Bonchev–Trinajstić information content (AvgIpc) is 2.39. The zero-order valence-electron chi connectivity index (χ0n) is 11.3. The van der Waals surface area contributed by atoms with E-state index in [1.165, 1.54) is 0 Å². The Morgan fingerprint density at radius 1 is 1.21 bits per heavy atom. The number of hydrogen-bond donors (Lipinski definition) is 1. The summed E-state index contributed by atoms with van der Waals surface area (Å²) in [6.07, 6.45) is 1.46. The van der Waals surface area contributed by atoms with E-state index in [0.717, 1.165) is 12.0 Å². The summed E-state index contributed by atoms with van der Waals surface area (Å²) < 4.78 is 22.6. The summed E-state index contributed by atoms with van der Waals surface area (Å²) >= 11 is 0. The molecule has 4 nitrogen and oxygen atoms in total. The molecule has 0 aliphatic heterocycles. The van der Waals surface area contributed by atoms with Gasteiger partial charge in [0.25, 0.3) is 0 Å². The molecule has 0 aromatic heterocycles. The number of nitrogens with two attached hydrogens (primary N) is 1. The molecular formula is C14H21NO3S. The van der Waals surface area contributed by atoms with Crippen LogP contribution < -0.4 is 5.73 Å². The maximum absolute atomic E-state index is 11.9. The Labute approximate surface area is 114 Å². The largest absolute Gasteiger partial charge is 0.330 e. The van der Waals surface area contributed by atoms with Gasteiger partial charge in [0.1, 0.15) is 9.84 Å². The number of benzene rings is 1. The standard InChI is InChI=1S/C14H21NO3S/c1-2-19(17,18)11-3-4-14(16)13-7-5-12(6-8-13)9-10-15/h5-8H,2-4,9-11,15H2,1H3. The van der Waals surface area contributed by atoms with Crippen LogP contribution in [0.25, 0.3) is 0 Å². The minimum Gasteiger partial charge on any atom is -0.330 e. The van der Waals surface area contributed by atoms with Crippen molar-refractivity contribution in [2.75, 3.05) is 18.1 Å². The van der Waals surface area contributed by atoms with Crippen LogP contribution in [0.1, 0.15) is 35.7 Å². The molecule has 2 N–H and O–H groups in total. The van der Waals surface area contributed by atoms with Crippen LogP contribution in [0, 0.1) is 0 Å². The van der Waals surface area contributed by atoms with Crippen molar-refractivity contribution < 1.29 is 13.2 Å². The van der Waals surface area contributed by atoms with Crippen LogP contribution in [0.4, 0.5) is 0 Å². The number of hydrogen-bond acceptors (Lipinski definition) is 4. The topological polar surface area (TPSA) is 77.2 Å². The van der Waals surface area contributed by atoms with E-state index < -0.39 is 9.84 Å². The van der Waals surface area contributed by atoms with Gasteiger partial charge in [0, 0.05) is 17.7 Å². The third kappa shape index (κ3) is 5.53. The van der Waals surface area contributed by atoms with Crippen LogP contribution in [0.3, 0.4) is 0 Å². The molecule has 0 bridgehead atoms.